The number of fused-ring (bicyclic) bond motifs is 1. The topological polar surface area (TPSA) is 32.3 Å². The summed E-state index contributed by atoms with van der Waals surface area (Å²) in [7, 11) is 0. The first-order chi connectivity index (χ1) is 11.7. The van der Waals surface area contributed by atoms with Crippen molar-refractivity contribution in [3.05, 3.63) is 60.2 Å². The fourth-order valence-electron chi connectivity index (χ4n) is 2.98. The number of hydrogen-bond acceptors (Lipinski definition) is 3. The summed E-state index contributed by atoms with van der Waals surface area (Å²) in [6.45, 7) is 3.45. The molecule has 0 unspecified atom stereocenters. The van der Waals surface area contributed by atoms with Gasteiger partial charge in [-0.1, -0.05) is 42.5 Å². The fraction of sp³-hybridized carbons (Fsp3) is 0.350. The molecule has 0 radical (unpaired) electrons. The van der Waals surface area contributed by atoms with E-state index in [2.05, 4.69) is 59.6 Å². The van der Waals surface area contributed by atoms with Crippen molar-refractivity contribution < 1.29 is 4.79 Å². The van der Waals surface area contributed by atoms with Crippen LogP contribution in [-0.2, 0) is 11.2 Å². The quantitative estimate of drug-likeness (QED) is 0.869. The Hall–Kier alpha value is -1.94. The molecule has 0 spiro atoms. The van der Waals surface area contributed by atoms with Crippen molar-refractivity contribution in [1.82, 2.24) is 5.32 Å². The summed E-state index contributed by atoms with van der Waals surface area (Å²) in [5.74, 6) is 1.14. The van der Waals surface area contributed by atoms with Gasteiger partial charge in [0.2, 0.25) is 5.91 Å². The number of carbonyl (C=O) groups is 1. The average Bonchev–Trinajstić information content (AvgIpc) is 2.61. The molecule has 3 nitrogen and oxygen atoms in total. The second-order valence-electron chi connectivity index (χ2n) is 6.23. The number of aryl methyl sites for hydroxylation is 1. The smallest absolute Gasteiger partial charge is 0.239 e. The standard InChI is InChI=1S/C20H24N2OS/c1-16(11-12-17-7-3-2-4-8-17)21-20(23)15-22-13-14-24-19-10-6-5-9-18(19)22/h2-10,16H,11-15H2,1H3,(H,21,23)/t16-/m1/s1. The van der Waals surface area contributed by atoms with Crippen molar-refractivity contribution in [2.45, 2.75) is 30.7 Å². The third-order valence-corrected chi connectivity index (χ3v) is 5.32. The number of nitrogens with one attached hydrogen (secondary N) is 1. The highest BCUT2D eigenvalue weighted by atomic mass is 32.2. The molecule has 1 aliphatic rings. The first-order valence-electron chi connectivity index (χ1n) is 8.52. The molecule has 24 heavy (non-hydrogen) atoms. The van der Waals surface area contributed by atoms with Gasteiger partial charge in [-0.05, 0) is 37.5 Å². The van der Waals surface area contributed by atoms with Crippen LogP contribution in [0, 0.1) is 0 Å². The molecule has 2 aromatic carbocycles. The number of hydrogen-bond donors (Lipinski definition) is 1. The molecule has 0 saturated heterocycles. The molecule has 4 heteroatoms. The lowest BCUT2D eigenvalue weighted by molar-refractivity contribution is -0.120. The zero-order valence-corrected chi connectivity index (χ0v) is 14.9. The van der Waals surface area contributed by atoms with E-state index in [-0.39, 0.29) is 11.9 Å². The minimum absolute atomic E-state index is 0.109. The fourth-order valence-corrected chi connectivity index (χ4v) is 4.04. The molecule has 0 bridgehead atoms. The van der Waals surface area contributed by atoms with Gasteiger partial charge < -0.3 is 10.2 Å². The Balaban J connectivity index is 1.49. The number of para-hydroxylation sites is 1. The largest absolute Gasteiger partial charge is 0.360 e. The molecule has 0 aromatic heterocycles. The maximum Gasteiger partial charge on any atom is 0.239 e. The first kappa shape index (κ1) is 16.9. The van der Waals surface area contributed by atoms with E-state index < -0.39 is 0 Å². The third kappa shape index (κ3) is 4.54. The van der Waals surface area contributed by atoms with Gasteiger partial charge in [-0.15, -0.1) is 11.8 Å². The van der Waals surface area contributed by atoms with Gasteiger partial charge in [0.1, 0.15) is 0 Å². The lowest BCUT2D eigenvalue weighted by Crippen LogP contribution is -2.43. The second kappa shape index (κ2) is 8.25. The van der Waals surface area contributed by atoms with Gasteiger partial charge in [0, 0.05) is 23.2 Å². The average molecular weight is 340 g/mol. The van der Waals surface area contributed by atoms with Crippen LogP contribution in [-0.4, -0.2) is 30.8 Å². The minimum atomic E-state index is 0.109. The van der Waals surface area contributed by atoms with Crippen molar-refractivity contribution in [3.8, 4) is 0 Å². The predicted octanol–water partition coefficient (Wildman–Crippen LogP) is 3.74. The van der Waals surface area contributed by atoms with Crippen molar-refractivity contribution in [1.29, 1.82) is 0 Å². The molecule has 0 fully saturated rings. The van der Waals surface area contributed by atoms with E-state index in [9.17, 15) is 4.79 Å². The van der Waals surface area contributed by atoms with Crippen LogP contribution >= 0.6 is 11.8 Å². The number of anilines is 1. The Morgan fingerprint density at radius 2 is 1.92 bits per heavy atom. The van der Waals surface area contributed by atoms with E-state index in [1.54, 1.807) is 0 Å². The van der Waals surface area contributed by atoms with Gasteiger partial charge in [-0.3, -0.25) is 4.79 Å². The number of thioether (sulfide) groups is 1. The summed E-state index contributed by atoms with van der Waals surface area (Å²) in [6.07, 6.45) is 1.95. The first-order valence-corrected chi connectivity index (χ1v) is 9.51. The number of amides is 1. The van der Waals surface area contributed by atoms with Gasteiger partial charge in [0.15, 0.2) is 0 Å². The van der Waals surface area contributed by atoms with Crippen molar-refractivity contribution in [2.75, 3.05) is 23.7 Å². The Morgan fingerprint density at radius 3 is 2.75 bits per heavy atom. The molecule has 1 amide bonds. The van der Waals surface area contributed by atoms with Gasteiger partial charge in [-0.25, -0.2) is 0 Å². The van der Waals surface area contributed by atoms with E-state index in [1.807, 2.05) is 23.9 Å². The highest BCUT2D eigenvalue weighted by Crippen LogP contribution is 2.33. The zero-order chi connectivity index (χ0) is 16.8. The van der Waals surface area contributed by atoms with Gasteiger partial charge in [-0.2, -0.15) is 0 Å². The van der Waals surface area contributed by atoms with Crippen molar-refractivity contribution in [3.63, 3.8) is 0 Å². The van der Waals surface area contributed by atoms with Crippen LogP contribution < -0.4 is 10.2 Å². The monoisotopic (exact) mass is 340 g/mol. The SMILES string of the molecule is C[C@H](CCc1ccccc1)NC(=O)CN1CCSc2ccccc21. The molecular formula is C20H24N2OS. The summed E-state index contributed by atoms with van der Waals surface area (Å²) in [5, 5.41) is 3.14. The maximum absolute atomic E-state index is 12.4. The third-order valence-electron chi connectivity index (χ3n) is 4.28. The van der Waals surface area contributed by atoms with Crippen LogP contribution in [0.3, 0.4) is 0 Å². The van der Waals surface area contributed by atoms with E-state index in [1.165, 1.54) is 16.1 Å². The molecule has 0 aliphatic carbocycles. The lowest BCUT2D eigenvalue weighted by Gasteiger charge is -2.30. The molecule has 126 valence electrons. The Kier molecular flexibility index (Phi) is 5.81. The number of carbonyl (C=O) groups excluding carboxylic acids is 1. The minimum Gasteiger partial charge on any atom is -0.360 e. The van der Waals surface area contributed by atoms with Crippen molar-refractivity contribution >= 4 is 23.4 Å². The van der Waals surface area contributed by atoms with E-state index in [0.717, 1.165) is 25.1 Å². The Bertz CT molecular complexity index is 674. The summed E-state index contributed by atoms with van der Waals surface area (Å²) in [4.78, 5) is 15.8. The number of nitrogens with zero attached hydrogens (tertiary/aromatic N) is 1. The summed E-state index contributed by atoms with van der Waals surface area (Å²) >= 11 is 1.87. The van der Waals surface area contributed by atoms with Crippen LogP contribution in [0.2, 0.25) is 0 Å². The van der Waals surface area contributed by atoms with Crippen LogP contribution in [0.15, 0.2) is 59.5 Å². The highest BCUT2D eigenvalue weighted by Gasteiger charge is 2.19. The zero-order valence-electron chi connectivity index (χ0n) is 14.1. The van der Waals surface area contributed by atoms with Crippen molar-refractivity contribution in [2.24, 2.45) is 0 Å². The number of rotatable bonds is 6. The predicted molar refractivity (Wildman–Crippen MR) is 102 cm³/mol. The lowest BCUT2D eigenvalue weighted by atomic mass is 10.1. The molecule has 0 saturated carbocycles. The van der Waals surface area contributed by atoms with E-state index >= 15 is 0 Å². The van der Waals surface area contributed by atoms with Crippen LogP contribution in [0.25, 0.3) is 0 Å². The summed E-state index contributed by atoms with van der Waals surface area (Å²) in [5.41, 5.74) is 2.50. The molecule has 1 N–H and O–H groups in total. The van der Waals surface area contributed by atoms with Crippen LogP contribution in [0.4, 0.5) is 5.69 Å². The molecule has 3 rings (SSSR count). The summed E-state index contributed by atoms with van der Waals surface area (Å²) < 4.78 is 0. The van der Waals surface area contributed by atoms with E-state index in [0.29, 0.717) is 6.54 Å². The highest BCUT2D eigenvalue weighted by molar-refractivity contribution is 7.99. The molecule has 1 atom stereocenters. The normalized spacial score (nSPS) is 14.8. The molecule has 1 aliphatic heterocycles. The Morgan fingerprint density at radius 1 is 1.17 bits per heavy atom. The van der Waals surface area contributed by atoms with Gasteiger partial charge in [0.05, 0.1) is 12.2 Å². The maximum atomic E-state index is 12.4. The summed E-state index contributed by atoms with van der Waals surface area (Å²) in [6, 6.07) is 18.9. The Labute approximate surface area is 148 Å². The number of benzene rings is 2. The van der Waals surface area contributed by atoms with E-state index in [4.69, 9.17) is 0 Å². The molecular weight excluding hydrogens is 316 g/mol. The van der Waals surface area contributed by atoms with Gasteiger partial charge in [0.25, 0.3) is 0 Å². The van der Waals surface area contributed by atoms with Crippen LogP contribution in [0.1, 0.15) is 18.9 Å². The second-order valence-corrected chi connectivity index (χ2v) is 7.37. The molecule has 1 heterocycles. The molecule has 2 aromatic rings. The van der Waals surface area contributed by atoms with Gasteiger partial charge >= 0.3 is 0 Å². The van der Waals surface area contributed by atoms with Crippen LogP contribution in [0.5, 0.6) is 0 Å².